The molecule has 5 nitrogen and oxygen atoms in total. The molecule has 3 N–H and O–H groups in total. The van der Waals surface area contributed by atoms with Crippen molar-refractivity contribution in [3.8, 4) is 11.4 Å². The van der Waals surface area contributed by atoms with Crippen LogP contribution in [0.2, 0.25) is 0 Å². The number of nitrogen functional groups attached to an aromatic ring is 1. The maximum atomic E-state index is 13.4. The number of hydrogen-bond acceptors (Lipinski definition) is 4. The first-order valence-corrected chi connectivity index (χ1v) is 6.69. The lowest BCUT2D eigenvalue weighted by molar-refractivity contribution is 0.454. The molecule has 3 rings (SSSR count). The Morgan fingerprint density at radius 1 is 1.32 bits per heavy atom. The fraction of sp³-hybridized carbons (Fsp3) is 0.125. The van der Waals surface area contributed by atoms with Crippen LogP contribution in [0.25, 0.3) is 16.6 Å². The molecule has 1 aromatic heterocycles. The Labute approximate surface area is 125 Å². The van der Waals surface area contributed by atoms with E-state index in [0.717, 1.165) is 0 Å². The number of nitrogens with two attached hydrogens (primary N) is 1. The smallest absolute Gasteiger partial charge is 0.266 e. The molecule has 0 aliphatic carbocycles. The first kappa shape index (κ1) is 14.1. The Morgan fingerprint density at radius 3 is 2.82 bits per heavy atom. The molecule has 0 spiro atoms. The average molecular weight is 299 g/mol. The molecule has 2 aromatic carbocycles. The van der Waals surface area contributed by atoms with Gasteiger partial charge in [-0.1, -0.05) is 6.07 Å². The number of aromatic nitrogens is 2. The number of benzene rings is 2. The first-order valence-electron chi connectivity index (χ1n) is 6.69. The van der Waals surface area contributed by atoms with Gasteiger partial charge >= 0.3 is 0 Å². The van der Waals surface area contributed by atoms with Crippen molar-refractivity contribution < 1.29 is 9.50 Å². The van der Waals surface area contributed by atoms with Gasteiger partial charge in [-0.05, 0) is 37.3 Å². The summed E-state index contributed by atoms with van der Waals surface area (Å²) in [7, 11) is 0. The second-order valence-corrected chi connectivity index (χ2v) is 5.00. The molecule has 0 radical (unpaired) electrons. The maximum Gasteiger partial charge on any atom is 0.266 e. The molecule has 0 fully saturated rings. The predicted octanol–water partition coefficient (Wildman–Crippen LogP) is 2.45. The topological polar surface area (TPSA) is 81.1 Å². The highest BCUT2D eigenvalue weighted by Crippen LogP contribution is 2.24. The lowest BCUT2D eigenvalue weighted by Crippen LogP contribution is -2.24. The van der Waals surface area contributed by atoms with Gasteiger partial charge in [-0.2, -0.15) is 0 Å². The molecular weight excluding hydrogens is 285 g/mol. The highest BCUT2D eigenvalue weighted by molar-refractivity contribution is 5.81. The molecule has 0 aliphatic rings. The summed E-state index contributed by atoms with van der Waals surface area (Å²) in [6, 6.07) is 9.45. The van der Waals surface area contributed by atoms with Gasteiger partial charge in [-0.15, -0.1) is 0 Å². The Morgan fingerprint density at radius 2 is 2.09 bits per heavy atom. The van der Waals surface area contributed by atoms with Gasteiger partial charge < -0.3 is 10.8 Å². The number of fused-ring (bicyclic) bond motifs is 1. The van der Waals surface area contributed by atoms with E-state index in [2.05, 4.69) is 4.98 Å². The molecule has 0 saturated carbocycles. The van der Waals surface area contributed by atoms with E-state index in [-0.39, 0.29) is 11.6 Å². The lowest BCUT2D eigenvalue weighted by atomic mass is 10.1. The third-order valence-corrected chi connectivity index (χ3v) is 3.60. The quantitative estimate of drug-likeness (QED) is 0.712. The van der Waals surface area contributed by atoms with Crippen molar-refractivity contribution in [3.63, 3.8) is 0 Å². The fourth-order valence-corrected chi connectivity index (χ4v) is 2.44. The van der Waals surface area contributed by atoms with E-state index in [9.17, 15) is 14.3 Å². The largest absolute Gasteiger partial charge is 0.508 e. The molecule has 0 saturated heterocycles. The van der Waals surface area contributed by atoms with Gasteiger partial charge in [-0.3, -0.25) is 9.36 Å². The zero-order chi connectivity index (χ0) is 15.9. The number of rotatable bonds is 2. The van der Waals surface area contributed by atoms with Gasteiger partial charge in [0.2, 0.25) is 0 Å². The summed E-state index contributed by atoms with van der Waals surface area (Å²) in [5.74, 6) is 0.0119. The summed E-state index contributed by atoms with van der Waals surface area (Å²) in [6.45, 7) is 0.757. The number of phenolic OH excluding ortho intramolecular Hbond substituents is 1. The van der Waals surface area contributed by atoms with E-state index >= 15 is 0 Å². The summed E-state index contributed by atoms with van der Waals surface area (Å²) >= 11 is 0. The van der Waals surface area contributed by atoms with Gasteiger partial charge in [-0.25, -0.2) is 9.37 Å². The Bertz CT molecular complexity index is 935. The summed E-state index contributed by atoms with van der Waals surface area (Å²) in [5.41, 5.74) is 6.99. The standard InChI is InChI=1S/C16H14FN3O2/c1-9-13(3-2-4-14(9)21)20-15(8-17)19-12-6-5-10(18)7-11(12)16(20)22/h2-7,21H,8,18H2,1H3. The Balaban J connectivity index is 2.44. The minimum Gasteiger partial charge on any atom is -0.508 e. The van der Waals surface area contributed by atoms with Crippen molar-refractivity contribution in [3.05, 3.63) is 58.1 Å². The van der Waals surface area contributed by atoms with Crippen molar-refractivity contribution in [2.75, 3.05) is 5.73 Å². The van der Waals surface area contributed by atoms with Crippen molar-refractivity contribution in [1.29, 1.82) is 0 Å². The number of nitrogens with zero attached hydrogens (tertiary/aromatic N) is 2. The predicted molar refractivity (Wildman–Crippen MR) is 83.0 cm³/mol. The second kappa shape index (κ2) is 5.14. The average Bonchev–Trinajstić information content (AvgIpc) is 2.51. The molecule has 3 aromatic rings. The summed E-state index contributed by atoms with van der Waals surface area (Å²) in [4.78, 5) is 16.9. The number of hydrogen-bond donors (Lipinski definition) is 2. The van der Waals surface area contributed by atoms with E-state index in [1.165, 1.54) is 16.7 Å². The monoisotopic (exact) mass is 299 g/mol. The summed E-state index contributed by atoms with van der Waals surface area (Å²) in [6.07, 6.45) is 0. The maximum absolute atomic E-state index is 13.4. The number of anilines is 1. The van der Waals surface area contributed by atoms with E-state index in [0.29, 0.717) is 27.8 Å². The molecule has 22 heavy (non-hydrogen) atoms. The second-order valence-electron chi connectivity index (χ2n) is 5.00. The van der Waals surface area contributed by atoms with Crippen LogP contribution in [-0.2, 0) is 6.67 Å². The number of alkyl halides is 1. The molecule has 6 heteroatoms. The lowest BCUT2D eigenvalue weighted by Gasteiger charge is -2.14. The summed E-state index contributed by atoms with van der Waals surface area (Å²) < 4.78 is 14.6. The van der Waals surface area contributed by atoms with Crippen LogP contribution in [0.1, 0.15) is 11.4 Å². The van der Waals surface area contributed by atoms with Crippen LogP contribution in [0.4, 0.5) is 10.1 Å². The SMILES string of the molecule is Cc1c(O)cccc1-n1c(CF)nc2ccc(N)cc2c1=O. The van der Waals surface area contributed by atoms with Gasteiger partial charge in [0.05, 0.1) is 16.6 Å². The Hall–Kier alpha value is -2.89. The zero-order valence-electron chi connectivity index (χ0n) is 11.9. The van der Waals surface area contributed by atoms with Crippen LogP contribution < -0.4 is 11.3 Å². The number of halogens is 1. The van der Waals surface area contributed by atoms with Crippen LogP contribution in [0, 0.1) is 6.92 Å². The molecule has 0 aliphatic heterocycles. The fourth-order valence-electron chi connectivity index (χ4n) is 2.44. The first-order chi connectivity index (χ1) is 10.5. The third-order valence-electron chi connectivity index (χ3n) is 3.60. The van der Waals surface area contributed by atoms with E-state index in [4.69, 9.17) is 5.73 Å². The van der Waals surface area contributed by atoms with Crippen LogP contribution in [0.15, 0.2) is 41.2 Å². The minimum atomic E-state index is -0.898. The number of aromatic hydroxyl groups is 1. The van der Waals surface area contributed by atoms with Crippen molar-refractivity contribution >= 4 is 16.6 Å². The molecular formula is C16H14FN3O2. The molecule has 1 heterocycles. The normalized spacial score (nSPS) is 11.0. The van der Waals surface area contributed by atoms with Gasteiger partial charge in [0.1, 0.15) is 18.2 Å². The molecule has 0 atom stereocenters. The minimum absolute atomic E-state index is 0.0176. The van der Waals surface area contributed by atoms with Crippen LogP contribution >= 0.6 is 0 Å². The van der Waals surface area contributed by atoms with E-state index in [1.54, 1.807) is 31.2 Å². The van der Waals surface area contributed by atoms with E-state index < -0.39 is 12.2 Å². The van der Waals surface area contributed by atoms with Gasteiger partial charge in [0.15, 0.2) is 0 Å². The van der Waals surface area contributed by atoms with Crippen LogP contribution in [0.5, 0.6) is 5.75 Å². The van der Waals surface area contributed by atoms with Crippen molar-refractivity contribution in [1.82, 2.24) is 9.55 Å². The van der Waals surface area contributed by atoms with Crippen LogP contribution in [-0.4, -0.2) is 14.7 Å². The van der Waals surface area contributed by atoms with Gasteiger partial charge in [0, 0.05) is 11.3 Å². The highest BCUT2D eigenvalue weighted by atomic mass is 19.1. The van der Waals surface area contributed by atoms with E-state index in [1.807, 2.05) is 0 Å². The zero-order valence-corrected chi connectivity index (χ0v) is 11.9. The molecule has 0 amide bonds. The molecule has 112 valence electrons. The van der Waals surface area contributed by atoms with Crippen LogP contribution in [0.3, 0.4) is 0 Å². The van der Waals surface area contributed by atoms with Crippen molar-refractivity contribution in [2.24, 2.45) is 0 Å². The molecule has 0 unspecified atom stereocenters. The molecule has 0 bridgehead atoms. The third kappa shape index (κ3) is 2.09. The Kier molecular flexibility index (Phi) is 3.29. The van der Waals surface area contributed by atoms with Gasteiger partial charge in [0.25, 0.3) is 5.56 Å². The van der Waals surface area contributed by atoms with Crippen molar-refractivity contribution in [2.45, 2.75) is 13.6 Å². The number of phenols is 1. The highest BCUT2D eigenvalue weighted by Gasteiger charge is 2.15. The summed E-state index contributed by atoms with van der Waals surface area (Å²) in [5, 5.41) is 10.1.